The van der Waals surface area contributed by atoms with Crippen LogP contribution in [0.2, 0.25) is 0 Å². The van der Waals surface area contributed by atoms with Gasteiger partial charge in [0.05, 0.1) is 5.69 Å². The summed E-state index contributed by atoms with van der Waals surface area (Å²) in [6, 6.07) is 21.4. The molecule has 0 saturated heterocycles. The van der Waals surface area contributed by atoms with Crippen LogP contribution in [0.25, 0.3) is 17.1 Å². The maximum Gasteiger partial charge on any atom is 0.295 e. The summed E-state index contributed by atoms with van der Waals surface area (Å²) >= 11 is 6.89. The Kier molecular flexibility index (Phi) is 5.83. The zero-order chi connectivity index (χ0) is 21.3. The minimum Gasteiger partial charge on any atom is -0.319 e. The summed E-state index contributed by atoms with van der Waals surface area (Å²) in [6.45, 7) is 3.96. The number of hydrogen-bond donors (Lipinski definition) is 1. The largest absolute Gasteiger partial charge is 0.319 e. The first-order chi connectivity index (χ1) is 14.4. The van der Waals surface area contributed by atoms with Crippen molar-refractivity contribution in [1.82, 2.24) is 14.8 Å². The molecule has 1 aromatic heterocycles. The van der Waals surface area contributed by atoms with Crippen LogP contribution in [0, 0.1) is 13.8 Å². The Balaban J connectivity index is 1.75. The van der Waals surface area contributed by atoms with Crippen molar-refractivity contribution >= 4 is 43.5 Å². The fraction of sp³-hybridized carbons (Fsp3) is 0.0870. The molecule has 0 aliphatic carbocycles. The van der Waals surface area contributed by atoms with Crippen LogP contribution >= 0.6 is 31.9 Å². The van der Waals surface area contributed by atoms with Gasteiger partial charge in [-0.3, -0.25) is 4.79 Å². The molecule has 30 heavy (non-hydrogen) atoms. The fourth-order valence-electron chi connectivity index (χ4n) is 3.01. The van der Waals surface area contributed by atoms with Gasteiger partial charge in [0.1, 0.15) is 0 Å². The SMILES string of the molecule is Cc1ccc(-n2nc(C(=O)Nc3ccc(Br)cc3C)nc2-c2ccc(Br)cc2)cc1. The summed E-state index contributed by atoms with van der Waals surface area (Å²) in [5, 5.41) is 7.43. The van der Waals surface area contributed by atoms with Crippen LogP contribution in [0.4, 0.5) is 5.69 Å². The molecule has 1 amide bonds. The molecular weight excluding hydrogens is 508 g/mol. The molecule has 0 bridgehead atoms. The highest BCUT2D eigenvalue weighted by Crippen LogP contribution is 2.25. The highest BCUT2D eigenvalue weighted by molar-refractivity contribution is 9.10. The number of nitrogens with zero attached hydrogens (tertiary/aromatic N) is 3. The molecule has 4 rings (SSSR count). The number of aryl methyl sites for hydroxylation is 2. The Morgan fingerprint density at radius 2 is 1.57 bits per heavy atom. The van der Waals surface area contributed by atoms with Crippen LogP contribution in [0.3, 0.4) is 0 Å². The normalized spacial score (nSPS) is 10.8. The lowest BCUT2D eigenvalue weighted by Gasteiger charge is -2.07. The van der Waals surface area contributed by atoms with E-state index in [9.17, 15) is 4.79 Å². The van der Waals surface area contributed by atoms with Crippen molar-refractivity contribution in [3.05, 3.63) is 92.6 Å². The molecule has 1 N–H and O–H groups in total. The summed E-state index contributed by atoms with van der Waals surface area (Å²) in [4.78, 5) is 17.5. The van der Waals surface area contributed by atoms with Gasteiger partial charge >= 0.3 is 0 Å². The number of carbonyl (C=O) groups excluding carboxylic acids is 1. The zero-order valence-corrected chi connectivity index (χ0v) is 19.5. The number of nitrogens with one attached hydrogen (secondary N) is 1. The second-order valence-corrected chi connectivity index (χ2v) is 8.76. The lowest BCUT2D eigenvalue weighted by molar-refractivity contribution is 0.101. The van der Waals surface area contributed by atoms with E-state index in [0.29, 0.717) is 5.82 Å². The van der Waals surface area contributed by atoms with E-state index in [2.05, 4.69) is 47.3 Å². The lowest BCUT2D eigenvalue weighted by atomic mass is 10.2. The van der Waals surface area contributed by atoms with Gasteiger partial charge in [-0.25, -0.2) is 9.67 Å². The number of benzene rings is 3. The standard InChI is InChI=1S/C23H18Br2N4O/c1-14-3-10-19(11-4-14)29-22(16-5-7-17(24)8-6-16)27-21(28-29)23(30)26-20-12-9-18(25)13-15(20)2/h3-13H,1-2H3,(H,26,30). The van der Waals surface area contributed by atoms with Crippen LogP contribution in [0.1, 0.15) is 21.7 Å². The van der Waals surface area contributed by atoms with E-state index < -0.39 is 0 Å². The molecule has 0 fully saturated rings. The van der Waals surface area contributed by atoms with Gasteiger partial charge in [-0.2, -0.15) is 0 Å². The Morgan fingerprint density at radius 3 is 2.23 bits per heavy atom. The molecule has 0 atom stereocenters. The maximum atomic E-state index is 12.9. The third kappa shape index (κ3) is 4.37. The molecule has 4 aromatic rings. The van der Waals surface area contributed by atoms with Gasteiger partial charge in [0.25, 0.3) is 5.91 Å². The number of hydrogen-bond acceptors (Lipinski definition) is 3. The van der Waals surface area contributed by atoms with Crippen molar-refractivity contribution in [2.24, 2.45) is 0 Å². The summed E-state index contributed by atoms with van der Waals surface area (Å²) in [5.74, 6) is 0.351. The second-order valence-electron chi connectivity index (χ2n) is 6.93. The molecule has 3 aromatic carbocycles. The summed E-state index contributed by atoms with van der Waals surface area (Å²) in [5.41, 5.74) is 4.52. The van der Waals surface area contributed by atoms with Crippen molar-refractivity contribution in [2.75, 3.05) is 5.32 Å². The van der Waals surface area contributed by atoms with E-state index in [1.807, 2.05) is 80.6 Å². The van der Waals surface area contributed by atoms with E-state index in [1.54, 1.807) is 4.68 Å². The molecule has 0 aliphatic rings. The first kappa shape index (κ1) is 20.5. The quantitative estimate of drug-likeness (QED) is 0.338. The van der Waals surface area contributed by atoms with Gasteiger partial charge in [0.15, 0.2) is 5.82 Å². The summed E-state index contributed by atoms with van der Waals surface area (Å²) in [6.07, 6.45) is 0. The van der Waals surface area contributed by atoms with E-state index in [1.165, 1.54) is 0 Å². The molecule has 1 heterocycles. The van der Waals surface area contributed by atoms with Crippen LogP contribution < -0.4 is 5.32 Å². The minimum absolute atomic E-state index is 0.107. The van der Waals surface area contributed by atoms with Gasteiger partial charge in [-0.05, 0) is 61.9 Å². The number of amides is 1. The monoisotopic (exact) mass is 524 g/mol. The third-order valence-corrected chi connectivity index (χ3v) is 5.65. The van der Waals surface area contributed by atoms with E-state index >= 15 is 0 Å². The third-order valence-electron chi connectivity index (χ3n) is 4.63. The highest BCUT2D eigenvalue weighted by Gasteiger charge is 2.19. The van der Waals surface area contributed by atoms with Crippen molar-refractivity contribution in [3.63, 3.8) is 0 Å². The van der Waals surface area contributed by atoms with E-state index in [-0.39, 0.29) is 11.7 Å². The number of anilines is 1. The summed E-state index contributed by atoms with van der Waals surface area (Å²) < 4.78 is 3.63. The van der Waals surface area contributed by atoms with Crippen LogP contribution in [-0.2, 0) is 0 Å². The molecule has 0 saturated carbocycles. The van der Waals surface area contributed by atoms with E-state index in [4.69, 9.17) is 0 Å². The number of halogens is 2. The summed E-state index contributed by atoms with van der Waals surface area (Å²) in [7, 11) is 0. The van der Waals surface area contributed by atoms with Gasteiger partial charge in [-0.1, -0.05) is 61.7 Å². The smallest absolute Gasteiger partial charge is 0.295 e. The number of carbonyl (C=O) groups is 1. The second kappa shape index (κ2) is 8.53. The Bertz CT molecular complexity index is 1150. The Morgan fingerprint density at radius 1 is 0.900 bits per heavy atom. The number of aromatic nitrogens is 3. The zero-order valence-electron chi connectivity index (χ0n) is 16.4. The van der Waals surface area contributed by atoms with Crippen molar-refractivity contribution in [1.29, 1.82) is 0 Å². The predicted octanol–water partition coefficient (Wildman–Crippen LogP) is 6.33. The molecule has 150 valence electrons. The molecule has 7 heteroatoms. The predicted molar refractivity (Wildman–Crippen MR) is 126 cm³/mol. The molecule has 0 unspecified atom stereocenters. The van der Waals surface area contributed by atoms with Crippen molar-refractivity contribution < 1.29 is 4.79 Å². The number of rotatable bonds is 4. The average molecular weight is 526 g/mol. The lowest BCUT2D eigenvalue weighted by Crippen LogP contribution is -2.15. The van der Waals surface area contributed by atoms with Gasteiger partial charge in [0, 0.05) is 20.2 Å². The fourth-order valence-corrected chi connectivity index (χ4v) is 3.75. The highest BCUT2D eigenvalue weighted by atomic mass is 79.9. The van der Waals surface area contributed by atoms with Crippen LogP contribution in [0.15, 0.2) is 75.7 Å². The van der Waals surface area contributed by atoms with Gasteiger partial charge in [-0.15, -0.1) is 5.10 Å². The van der Waals surface area contributed by atoms with E-state index in [0.717, 1.165) is 37.0 Å². The molecule has 0 aliphatic heterocycles. The molecular formula is C23H18Br2N4O. The topological polar surface area (TPSA) is 59.8 Å². The van der Waals surface area contributed by atoms with Gasteiger partial charge < -0.3 is 5.32 Å². The van der Waals surface area contributed by atoms with Crippen molar-refractivity contribution in [2.45, 2.75) is 13.8 Å². The van der Waals surface area contributed by atoms with Gasteiger partial charge in [0.2, 0.25) is 5.82 Å². The average Bonchev–Trinajstić information content (AvgIpc) is 3.17. The molecule has 5 nitrogen and oxygen atoms in total. The Hall–Kier alpha value is -2.77. The molecule has 0 radical (unpaired) electrons. The van der Waals surface area contributed by atoms with Crippen LogP contribution in [0.5, 0.6) is 0 Å². The first-order valence-corrected chi connectivity index (χ1v) is 10.9. The maximum absolute atomic E-state index is 12.9. The molecule has 0 spiro atoms. The van der Waals surface area contributed by atoms with Crippen molar-refractivity contribution in [3.8, 4) is 17.1 Å². The minimum atomic E-state index is -0.357. The Labute approximate surface area is 191 Å². The first-order valence-electron chi connectivity index (χ1n) is 9.28. The van der Waals surface area contributed by atoms with Crippen LogP contribution in [-0.4, -0.2) is 20.7 Å².